The molecule has 2 aromatic heterocycles. The maximum absolute atomic E-state index is 10.2. The number of benzene rings is 4. The number of nitrogens with zero attached hydrogens (tertiary/aromatic N) is 2. The lowest BCUT2D eigenvalue weighted by Gasteiger charge is -2.19. The number of aromatic nitrogens is 1. The van der Waals surface area contributed by atoms with Crippen molar-refractivity contribution >= 4 is 40.4 Å². The van der Waals surface area contributed by atoms with E-state index >= 15 is 0 Å². The summed E-state index contributed by atoms with van der Waals surface area (Å²) in [6.45, 7) is 4.35. The van der Waals surface area contributed by atoms with Crippen LogP contribution in [0.4, 0.5) is 0 Å². The minimum absolute atomic E-state index is 0.0921. The Hall–Kier alpha value is -4.46. The van der Waals surface area contributed by atoms with Gasteiger partial charge in [0.15, 0.2) is 6.17 Å². The van der Waals surface area contributed by atoms with Crippen molar-refractivity contribution in [1.29, 1.82) is 5.26 Å². The second-order valence-corrected chi connectivity index (χ2v) is 15.3. The maximum Gasteiger partial charge on any atom is 0.216 e. The van der Waals surface area contributed by atoms with Gasteiger partial charge in [-0.3, -0.25) is 0 Å². The van der Waals surface area contributed by atoms with Gasteiger partial charge in [0, 0.05) is 32.6 Å². The van der Waals surface area contributed by atoms with E-state index in [9.17, 15) is 5.26 Å². The number of rotatable bonds is 2. The van der Waals surface area contributed by atoms with Gasteiger partial charge in [0.05, 0.1) is 17.2 Å². The van der Waals surface area contributed by atoms with E-state index in [1.807, 2.05) is 31.2 Å². The van der Waals surface area contributed by atoms with Gasteiger partial charge in [-0.1, -0.05) is 67.7 Å². The Kier molecular flexibility index (Phi) is 4.15. The minimum atomic E-state index is -2.35. The molecule has 0 saturated carbocycles. The third-order valence-electron chi connectivity index (χ3n) is 8.33. The molecular formula is C35H29N2OSi+. The summed E-state index contributed by atoms with van der Waals surface area (Å²) in [7, 11) is -0.187. The number of furan rings is 1. The Balaban J connectivity index is 1.52. The fourth-order valence-electron chi connectivity index (χ4n) is 6.32. The van der Waals surface area contributed by atoms with E-state index in [0.717, 1.165) is 33.0 Å². The summed E-state index contributed by atoms with van der Waals surface area (Å²) in [5.41, 5.74) is 8.34. The van der Waals surface area contributed by atoms with Crippen molar-refractivity contribution in [2.75, 3.05) is 0 Å². The number of fused-ring (bicyclic) bond motifs is 6. The lowest BCUT2D eigenvalue weighted by atomic mass is 9.94. The highest BCUT2D eigenvalue weighted by molar-refractivity contribution is 7.03. The van der Waals surface area contributed by atoms with Gasteiger partial charge in [0.2, 0.25) is 5.69 Å². The Morgan fingerprint density at radius 1 is 0.872 bits per heavy atom. The van der Waals surface area contributed by atoms with Crippen molar-refractivity contribution in [3.8, 4) is 39.6 Å². The predicted molar refractivity (Wildman–Crippen MR) is 162 cm³/mol. The van der Waals surface area contributed by atoms with E-state index < -0.39 is 14.9 Å². The standard InChI is InChI=1S/C35H29N2OSi/c1-21-16-17-37(3)29(18-21)32-22(2)10-13-27-28-15-12-24(20-36)33(35(28)38-34(27)32)23-11-14-26-25-8-6-7-9-30(25)39(4,5)31(26)19-23/h6-19H,1-5H3/q+1/i1D3,17D. The molecule has 0 N–H and O–H groups in total. The third kappa shape index (κ3) is 3.30. The van der Waals surface area contributed by atoms with Gasteiger partial charge in [-0.25, -0.2) is 4.57 Å². The molecule has 3 nitrogen and oxygen atoms in total. The van der Waals surface area contributed by atoms with E-state index in [4.69, 9.17) is 9.90 Å². The first-order valence-electron chi connectivity index (χ1n) is 15.1. The number of hydrogen-bond acceptors (Lipinski definition) is 2. The molecule has 0 amide bonds. The zero-order valence-electron chi connectivity index (χ0n) is 26.3. The smallest absolute Gasteiger partial charge is 0.216 e. The molecule has 0 fully saturated rings. The van der Waals surface area contributed by atoms with Crippen molar-refractivity contribution in [3.63, 3.8) is 0 Å². The van der Waals surface area contributed by atoms with Crippen molar-refractivity contribution in [2.24, 2.45) is 7.05 Å². The molecule has 0 bridgehead atoms. The Bertz CT molecular complexity index is 2210. The highest BCUT2D eigenvalue weighted by Crippen LogP contribution is 2.42. The summed E-state index contributed by atoms with van der Waals surface area (Å²) in [5.74, 6) is 0. The zero-order valence-corrected chi connectivity index (χ0v) is 23.3. The van der Waals surface area contributed by atoms with Gasteiger partial charge in [-0.05, 0) is 64.1 Å². The quantitative estimate of drug-likeness (QED) is 0.180. The molecule has 0 spiro atoms. The largest absolute Gasteiger partial charge is 0.454 e. The summed E-state index contributed by atoms with van der Waals surface area (Å²) in [4.78, 5) is 0. The summed E-state index contributed by atoms with van der Waals surface area (Å²) in [6.07, 6.45) is 0.0921. The van der Waals surface area contributed by atoms with Crippen LogP contribution in [0.15, 0.2) is 89.5 Å². The molecule has 0 aliphatic carbocycles. The van der Waals surface area contributed by atoms with Gasteiger partial charge in [0.25, 0.3) is 0 Å². The topological polar surface area (TPSA) is 40.8 Å². The molecule has 0 saturated heterocycles. The average molecular weight is 526 g/mol. The van der Waals surface area contributed by atoms with E-state index in [1.54, 1.807) is 17.7 Å². The molecule has 188 valence electrons. The third-order valence-corrected chi connectivity index (χ3v) is 11.9. The van der Waals surface area contributed by atoms with E-state index in [0.29, 0.717) is 22.4 Å². The molecule has 39 heavy (non-hydrogen) atoms. The lowest BCUT2D eigenvalue weighted by molar-refractivity contribution is -0.660. The number of pyridine rings is 1. The molecule has 6 aromatic rings. The van der Waals surface area contributed by atoms with Crippen LogP contribution in [0, 0.1) is 25.1 Å². The molecule has 4 heteroatoms. The second kappa shape index (κ2) is 8.27. The normalized spacial score (nSPS) is 15.3. The van der Waals surface area contributed by atoms with Crippen LogP contribution in [-0.2, 0) is 7.05 Å². The molecule has 1 aliphatic rings. The van der Waals surface area contributed by atoms with Crippen LogP contribution in [-0.4, -0.2) is 8.07 Å². The number of hydrogen-bond donors (Lipinski definition) is 0. The summed E-state index contributed by atoms with van der Waals surface area (Å²) >= 11 is 0. The highest BCUT2D eigenvalue weighted by Gasteiger charge is 2.37. The fraction of sp³-hybridized carbons (Fsp3) is 0.143. The van der Waals surface area contributed by atoms with Crippen molar-refractivity contribution in [2.45, 2.75) is 26.9 Å². The van der Waals surface area contributed by atoms with Crippen LogP contribution >= 0.6 is 0 Å². The summed E-state index contributed by atoms with van der Waals surface area (Å²) < 4.78 is 40.9. The Morgan fingerprint density at radius 2 is 1.62 bits per heavy atom. The van der Waals surface area contributed by atoms with Gasteiger partial charge in [-0.15, -0.1) is 0 Å². The van der Waals surface area contributed by atoms with Gasteiger partial charge < -0.3 is 4.42 Å². The number of nitriles is 1. The van der Waals surface area contributed by atoms with E-state index in [1.165, 1.54) is 27.6 Å². The maximum atomic E-state index is 10.2. The Morgan fingerprint density at radius 3 is 2.41 bits per heavy atom. The lowest BCUT2D eigenvalue weighted by Crippen LogP contribution is -2.49. The van der Waals surface area contributed by atoms with Crippen molar-refractivity contribution in [3.05, 3.63) is 102 Å². The van der Waals surface area contributed by atoms with Crippen LogP contribution in [0.2, 0.25) is 13.1 Å². The molecule has 0 unspecified atom stereocenters. The minimum Gasteiger partial charge on any atom is -0.454 e. The highest BCUT2D eigenvalue weighted by atomic mass is 28.3. The Labute approximate surface area is 235 Å². The van der Waals surface area contributed by atoms with Crippen LogP contribution in [0.5, 0.6) is 0 Å². The molecule has 0 radical (unpaired) electrons. The predicted octanol–water partition coefficient (Wildman–Crippen LogP) is 7.04. The van der Waals surface area contributed by atoms with Crippen LogP contribution < -0.4 is 14.9 Å². The van der Waals surface area contributed by atoms with Gasteiger partial charge in [-0.2, -0.15) is 5.26 Å². The number of aryl methyl sites for hydroxylation is 2. The molecule has 1 aliphatic heterocycles. The van der Waals surface area contributed by atoms with Crippen LogP contribution in [0.25, 0.3) is 55.4 Å². The summed E-state index contributed by atoms with van der Waals surface area (Å²) in [5, 5.41) is 14.8. The monoisotopic (exact) mass is 525 g/mol. The second-order valence-electron chi connectivity index (χ2n) is 11.0. The molecule has 7 rings (SSSR count). The van der Waals surface area contributed by atoms with Crippen LogP contribution in [0.1, 0.15) is 22.2 Å². The first-order chi connectivity index (χ1) is 20.4. The van der Waals surface area contributed by atoms with Crippen molar-refractivity contribution in [1.82, 2.24) is 0 Å². The van der Waals surface area contributed by atoms with Crippen LogP contribution in [0.3, 0.4) is 0 Å². The van der Waals surface area contributed by atoms with Crippen molar-refractivity contribution < 1.29 is 14.5 Å². The first-order valence-corrected chi connectivity index (χ1v) is 16.1. The molecule has 0 atom stereocenters. The van der Waals surface area contributed by atoms with E-state index in [-0.39, 0.29) is 11.7 Å². The average Bonchev–Trinajstić information content (AvgIpc) is 3.46. The summed E-state index contributed by atoms with van der Waals surface area (Å²) in [6, 6.07) is 28.4. The molecule has 3 heterocycles. The SMILES string of the molecule is [2H]c1cc(C([2H])([2H])[2H])cc(-c2c(C)ccc3c2oc2c(-c4ccc5c(c4)[Si](C)(C)c4ccccc4-5)c(C#N)ccc23)[n+]1C. The molecule has 4 aromatic carbocycles. The first kappa shape index (κ1) is 19.6. The van der Waals surface area contributed by atoms with Gasteiger partial charge >= 0.3 is 0 Å². The molecular weight excluding hydrogens is 492 g/mol. The van der Waals surface area contributed by atoms with E-state index in [2.05, 4.69) is 61.6 Å². The fourth-order valence-corrected chi connectivity index (χ4v) is 9.42. The van der Waals surface area contributed by atoms with Gasteiger partial charge in [0.1, 0.15) is 27.7 Å². The zero-order chi connectivity index (χ0) is 30.4.